The number of hydrogen-bond acceptors (Lipinski definition) is 5. The van der Waals surface area contributed by atoms with Crippen LogP contribution in [0.3, 0.4) is 0 Å². The molecule has 2 rings (SSSR count). The van der Waals surface area contributed by atoms with Crippen LogP contribution in [0.1, 0.15) is 39.0 Å². The second kappa shape index (κ2) is 7.09. The summed E-state index contributed by atoms with van der Waals surface area (Å²) in [5.41, 5.74) is -0.845. The molecule has 122 valence electrons. The van der Waals surface area contributed by atoms with Gasteiger partial charge in [-0.1, -0.05) is 19.3 Å². The van der Waals surface area contributed by atoms with Gasteiger partial charge in [0.2, 0.25) is 0 Å². The number of non-ortho nitro benzene ring substituents is 1. The third kappa shape index (κ3) is 4.19. The molecule has 0 bridgehead atoms. The Balaban J connectivity index is 1.96. The van der Waals surface area contributed by atoms with E-state index >= 15 is 0 Å². The molecule has 1 atom stereocenters. The van der Waals surface area contributed by atoms with Gasteiger partial charge < -0.3 is 10.1 Å². The van der Waals surface area contributed by atoms with E-state index in [0.29, 0.717) is 18.6 Å². The molecule has 0 saturated heterocycles. The first-order valence-corrected chi connectivity index (χ1v) is 7.60. The monoisotopic (exact) mass is 317 g/mol. The second-order valence-corrected chi connectivity index (χ2v) is 5.75. The van der Waals surface area contributed by atoms with E-state index in [1.807, 2.05) is 0 Å². The van der Waals surface area contributed by atoms with Gasteiger partial charge in [0.15, 0.2) is 6.10 Å². The van der Waals surface area contributed by atoms with E-state index in [1.165, 1.54) is 24.3 Å². The molecule has 0 radical (unpaired) electrons. The molecule has 0 aromatic heterocycles. The maximum absolute atomic E-state index is 12.3. The molecular weight excluding hydrogens is 298 g/mol. The van der Waals surface area contributed by atoms with Crippen LogP contribution in [-0.4, -0.2) is 22.5 Å². The zero-order chi connectivity index (χ0) is 16.9. The van der Waals surface area contributed by atoms with Crippen molar-refractivity contribution in [2.75, 3.05) is 0 Å². The Hall–Kier alpha value is -2.62. The number of hydrogen-bond donors (Lipinski definition) is 1. The summed E-state index contributed by atoms with van der Waals surface area (Å²) in [4.78, 5) is 22.4. The van der Waals surface area contributed by atoms with Gasteiger partial charge in [-0.3, -0.25) is 14.9 Å². The highest BCUT2D eigenvalue weighted by Crippen LogP contribution is 2.27. The number of carbonyl (C=O) groups excluding carboxylic acids is 1. The van der Waals surface area contributed by atoms with Crippen molar-refractivity contribution in [2.45, 2.75) is 50.7 Å². The zero-order valence-electron chi connectivity index (χ0n) is 12.9. The fourth-order valence-electron chi connectivity index (χ4n) is 2.66. The zero-order valence-corrected chi connectivity index (χ0v) is 12.9. The molecule has 1 fully saturated rings. The predicted octanol–water partition coefficient (Wildman–Crippen LogP) is 2.70. The van der Waals surface area contributed by atoms with Crippen molar-refractivity contribution in [2.24, 2.45) is 0 Å². The van der Waals surface area contributed by atoms with Crippen LogP contribution in [-0.2, 0) is 4.79 Å². The lowest BCUT2D eigenvalue weighted by molar-refractivity contribution is -0.384. The summed E-state index contributed by atoms with van der Waals surface area (Å²) < 4.78 is 5.50. The first-order valence-electron chi connectivity index (χ1n) is 7.60. The van der Waals surface area contributed by atoms with Crippen LogP contribution in [0.5, 0.6) is 5.75 Å². The van der Waals surface area contributed by atoms with Crippen LogP contribution in [0.25, 0.3) is 0 Å². The van der Waals surface area contributed by atoms with Crippen molar-refractivity contribution in [1.82, 2.24) is 5.32 Å². The van der Waals surface area contributed by atoms with E-state index in [4.69, 9.17) is 4.74 Å². The number of nitrogens with one attached hydrogen (secondary N) is 1. The average molecular weight is 317 g/mol. The quantitative estimate of drug-likeness (QED) is 0.664. The number of nitro benzene ring substituents is 1. The highest BCUT2D eigenvalue weighted by Gasteiger charge is 2.35. The average Bonchev–Trinajstić information content (AvgIpc) is 2.56. The number of amides is 1. The van der Waals surface area contributed by atoms with Crippen molar-refractivity contribution in [3.63, 3.8) is 0 Å². The number of nitro groups is 1. The Kier molecular flexibility index (Phi) is 5.16. The van der Waals surface area contributed by atoms with Crippen LogP contribution < -0.4 is 10.1 Å². The van der Waals surface area contributed by atoms with Gasteiger partial charge >= 0.3 is 0 Å². The molecule has 7 heteroatoms. The molecular formula is C16H19N3O4. The molecule has 23 heavy (non-hydrogen) atoms. The minimum absolute atomic E-state index is 0.0416. The number of ether oxygens (including phenoxy) is 1. The third-order valence-corrected chi connectivity index (χ3v) is 4.01. The molecule has 1 amide bonds. The van der Waals surface area contributed by atoms with Crippen LogP contribution in [0.4, 0.5) is 5.69 Å². The molecule has 1 aromatic carbocycles. The number of nitriles is 1. The summed E-state index contributed by atoms with van der Waals surface area (Å²) in [6.07, 6.45) is 3.44. The summed E-state index contributed by atoms with van der Waals surface area (Å²) in [6.45, 7) is 1.59. The number of rotatable bonds is 5. The van der Waals surface area contributed by atoms with Gasteiger partial charge in [-0.2, -0.15) is 5.26 Å². The Labute approximate surface area is 134 Å². The van der Waals surface area contributed by atoms with Gasteiger partial charge in [0.25, 0.3) is 11.6 Å². The molecule has 1 aromatic rings. The highest BCUT2D eigenvalue weighted by atomic mass is 16.6. The molecule has 1 saturated carbocycles. The van der Waals surface area contributed by atoms with E-state index in [-0.39, 0.29) is 11.6 Å². The standard InChI is InChI=1S/C16H19N3O4/c1-12(23-14-7-5-13(6-8-14)19(21)22)15(20)18-16(11-17)9-3-2-4-10-16/h5-8,12H,2-4,9-10H2,1H3,(H,18,20)/t12-/m1/s1. The minimum Gasteiger partial charge on any atom is -0.481 e. The van der Waals surface area contributed by atoms with Crippen LogP contribution in [0, 0.1) is 21.4 Å². The Morgan fingerprint density at radius 2 is 1.96 bits per heavy atom. The van der Waals surface area contributed by atoms with Crippen molar-refractivity contribution in [1.29, 1.82) is 5.26 Å². The maximum atomic E-state index is 12.3. The Morgan fingerprint density at radius 3 is 2.48 bits per heavy atom. The Morgan fingerprint density at radius 1 is 1.35 bits per heavy atom. The highest BCUT2D eigenvalue weighted by molar-refractivity contribution is 5.82. The fraction of sp³-hybridized carbons (Fsp3) is 0.500. The van der Waals surface area contributed by atoms with Gasteiger partial charge in [0.05, 0.1) is 11.0 Å². The summed E-state index contributed by atoms with van der Waals surface area (Å²) in [5, 5.41) is 22.8. The molecule has 1 aliphatic rings. The molecule has 1 N–H and O–H groups in total. The topological polar surface area (TPSA) is 105 Å². The minimum atomic E-state index is -0.803. The lowest BCUT2D eigenvalue weighted by Crippen LogP contribution is -2.52. The first kappa shape index (κ1) is 16.7. The van der Waals surface area contributed by atoms with E-state index in [0.717, 1.165) is 19.3 Å². The van der Waals surface area contributed by atoms with Gasteiger partial charge in [0, 0.05) is 12.1 Å². The van der Waals surface area contributed by atoms with E-state index in [2.05, 4.69) is 11.4 Å². The van der Waals surface area contributed by atoms with Crippen LogP contribution >= 0.6 is 0 Å². The molecule has 7 nitrogen and oxygen atoms in total. The van der Waals surface area contributed by atoms with Crippen molar-refractivity contribution >= 4 is 11.6 Å². The second-order valence-electron chi connectivity index (χ2n) is 5.75. The normalized spacial score (nSPS) is 17.6. The molecule has 0 aliphatic heterocycles. The summed E-state index contributed by atoms with van der Waals surface area (Å²) in [6, 6.07) is 7.75. The van der Waals surface area contributed by atoms with Gasteiger partial charge in [-0.25, -0.2) is 0 Å². The summed E-state index contributed by atoms with van der Waals surface area (Å²) >= 11 is 0. The number of carbonyl (C=O) groups is 1. The van der Waals surface area contributed by atoms with Crippen molar-refractivity contribution in [3.05, 3.63) is 34.4 Å². The molecule has 1 aliphatic carbocycles. The van der Waals surface area contributed by atoms with Gasteiger partial charge in [0.1, 0.15) is 11.3 Å². The first-order chi connectivity index (χ1) is 11.0. The molecule has 0 spiro atoms. The number of nitrogens with zero attached hydrogens (tertiary/aromatic N) is 2. The third-order valence-electron chi connectivity index (χ3n) is 4.01. The van der Waals surface area contributed by atoms with Crippen molar-refractivity contribution < 1.29 is 14.5 Å². The van der Waals surface area contributed by atoms with E-state index in [9.17, 15) is 20.2 Å². The van der Waals surface area contributed by atoms with Crippen molar-refractivity contribution in [3.8, 4) is 11.8 Å². The fourth-order valence-corrected chi connectivity index (χ4v) is 2.66. The number of benzene rings is 1. The molecule has 0 heterocycles. The Bertz CT molecular complexity index is 615. The van der Waals surface area contributed by atoms with Crippen LogP contribution in [0.2, 0.25) is 0 Å². The predicted molar refractivity (Wildman–Crippen MR) is 82.8 cm³/mol. The largest absolute Gasteiger partial charge is 0.481 e. The lowest BCUT2D eigenvalue weighted by Gasteiger charge is -2.32. The summed E-state index contributed by atoms with van der Waals surface area (Å²) in [7, 11) is 0. The SMILES string of the molecule is C[C@@H](Oc1ccc([N+](=O)[O-])cc1)C(=O)NC1(C#N)CCCCC1. The molecule has 0 unspecified atom stereocenters. The maximum Gasteiger partial charge on any atom is 0.269 e. The summed E-state index contributed by atoms with van der Waals surface area (Å²) in [5.74, 6) is 0.0136. The van der Waals surface area contributed by atoms with Gasteiger partial charge in [-0.15, -0.1) is 0 Å². The lowest BCUT2D eigenvalue weighted by atomic mass is 9.83. The van der Waals surface area contributed by atoms with E-state index < -0.39 is 16.6 Å². The van der Waals surface area contributed by atoms with E-state index in [1.54, 1.807) is 6.92 Å². The van der Waals surface area contributed by atoms with Crippen LogP contribution in [0.15, 0.2) is 24.3 Å². The smallest absolute Gasteiger partial charge is 0.269 e. The van der Waals surface area contributed by atoms with Gasteiger partial charge in [-0.05, 0) is 31.9 Å².